The van der Waals surface area contributed by atoms with Crippen LogP contribution in [0.1, 0.15) is 23.7 Å². The Labute approximate surface area is 177 Å². The molecule has 1 N–H and O–H groups in total. The molecule has 30 heavy (non-hydrogen) atoms. The minimum atomic E-state index is -0.922. The topological polar surface area (TPSA) is 66.7 Å². The quantitative estimate of drug-likeness (QED) is 0.677. The van der Waals surface area contributed by atoms with Crippen molar-refractivity contribution < 1.29 is 9.84 Å². The highest BCUT2D eigenvalue weighted by Crippen LogP contribution is 2.30. The van der Waals surface area contributed by atoms with Gasteiger partial charge in [0.25, 0.3) is 0 Å². The summed E-state index contributed by atoms with van der Waals surface area (Å²) >= 11 is 0. The lowest BCUT2D eigenvalue weighted by Gasteiger charge is -2.28. The van der Waals surface area contributed by atoms with Crippen LogP contribution in [0.2, 0.25) is 0 Å². The van der Waals surface area contributed by atoms with Gasteiger partial charge >= 0.3 is 0 Å². The highest BCUT2D eigenvalue weighted by Gasteiger charge is 2.26. The molecule has 1 unspecified atom stereocenters. The Balaban J connectivity index is 1.56. The minimum Gasteiger partial charge on any atom is -0.492 e. The van der Waals surface area contributed by atoms with E-state index < -0.39 is 5.60 Å². The molecule has 0 bridgehead atoms. The molecule has 2 aromatic heterocycles. The van der Waals surface area contributed by atoms with Gasteiger partial charge in [-0.3, -0.25) is 9.47 Å². The Bertz CT molecular complexity index is 984. The molecule has 7 heteroatoms. The number of fused-ring (bicyclic) bond motifs is 1. The van der Waals surface area contributed by atoms with Gasteiger partial charge in [0.15, 0.2) is 0 Å². The zero-order chi connectivity index (χ0) is 21.1. The summed E-state index contributed by atoms with van der Waals surface area (Å²) in [5.41, 5.74) is 2.20. The van der Waals surface area contributed by atoms with Gasteiger partial charge in [-0.05, 0) is 56.9 Å². The molecule has 0 fully saturated rings. The average molecular weight is 408 g/mol. The fourth-order valence-electron chi connectivity index (χ4n) is 4.01. The van der Waals surface area contributed by atoms with Crippen molar-refractivity contribution in [3.8, 4) is 11.7 Å². The lowest BCUT2D eigenvalue weighted by molar-refractivity contribution is 0.0299. The van der Waals surface area contributed by atoms with Crippen LogP contribution in [-0.2, 0) is 18.7 Å². The molecule has 4 rings (SSSR count). The molecule has 0 radical (unpaired) electrons. The van der Waals surface area contributed by atoms with E-state index in [-0.39, 0.29) is 0 Å². The third-order valence-electron chi connectivity index (χ3n) is 5.35. The Kier molecular flexibility index (Phi) is 5.85. The van der Waals surface area contributed by atoms with Crippen LogP contribution in [0.4, 0.5) is 0 Å². The fourth-order valence-corrected chi connectivity index (χ4v) is 4.01. The maximum absolute atomic E-state index is 11.0. The normalized spacial score (nSPS) is 16.6. The summed E-state index contributed by atoms with van der Waals surface area (Å²) in [7, 11) is 3.93. The Morgan fingerprint density at radius 2 is 1.97 bits per heavy atom. The van der Waals surface area contributed by atoms with Gasteiger partial charge in [-0.25, -0.2) is 9.97 Å². The highest BCUT2D eigenvalue weighted by molar-refractivity contribution is 5.40. The van der Waals surface area contributed by atoms with Crippen LogP contribution >= 0.6 is 0 Å². The van der Waals surface area contributed by atoms with Crippen molar-refractivity contribution in [3.63, 3.8) is 0 Å². The SMILES string of the molecule is CN(C)CC(C)(O)c1ccc2c(c1)CN(Cc1cccn1-c1ncccn1)CCO2. The van der Waals surface area contributed by atoms with E-state index in [4.69, 9.17) is 4.74 Å². The molecule has 3 heterocycles. The van der Waals surface area contributed by atoms with Gasteiger partial charge < -0.3 is 14.7 Å². The molecule has 7 nitrogen and oxygen atoms in total. The van der Waals surface area contributed by atoms with E-state index in [0.717, 1.165) is 42.2 Å². The second-order valence-electron chi connectivity index (χ2n) is 8.31. The molecule has 1 aliphatic heterocycles. The Hall–Kier alpha value is -2.74. The average Bonchev–Trinajstić information content (AvgIpc) is 3.06. The van der Waals surface area contributed by atoms with E-state index in [0.29, 0.717) is 19.1 Å². The maximum atomic E-state index is 11.0. The second-order valence-corrected chi connectivity index (χ2v) is 8.31. The third kappa shape index (κ3) is 4.53. The number of rotatable bonds is 6. The predicted octanol–water partition coefficient (Wildman–Crippen LogP) is 2.43. The molecular formula is C23H29N5O2. The lowest BCUT2D eigenvalue weighted by Crippen LogP contribution is -2.34. The first kappa shape index (κ1) is 20.5. The van der Waals surface area contributed by atoms with Crippen molar-refractivity contribution in [2.45, 2.75) is 25.6 Å². The maximum Gasteiger partial charge on any atom is 0.233 e. The molecule has 0 saturated carbocycles. The zero-order valence-electron chi connectivity index (χ0n) is 17.8. The number of aromatic nitrogens is 3. The highest BCUT2D eigenvalue weighted by atomic mass is 16.5. The Morgan fingerprint density at radius 3 is 2.73 bits per heavy atom. The van der Waals surface area contributed by atoms with Crippen molar-refractivity contribution in [1.29, 1.82) is 0 Å². The monoisotopic (exact) mass is 407 g/mol. The van der Waals surface area contributed by atoms with Crippen LogP contribution in [0.15, 0.2) is 55.0 Å². The summed E-state index contributed by atoms with van der Waals surface area (Å²) in [6, 6.07) is 12.0. The molecule has 0 spiro atoms. The van der Waals surface area contributed by atoms with Gasteiger partial charge in [0, 0.05) is 56.0 Å². The lowest BCUT2D eigenvalue weighted by atomic mass is 9.93. The number of likely N-dealkylation sites (N-methyl/N-ethyl adjacent to an activating group) is 1. The van der Waals surface area contributed by atoms with Gasteiger partial charge in [0.2, 0.25) is 5.95 Å². The summed E-state index contributed by atoms with van der Waals surface area (Å²) in [6.07, 6.45) is 5.50. The number of hydrogen-bond donors (Lipinski definition) is 1. The van der Waals surface area contributed by atoms with Gasteiger partial charge in [0.05, 0.1) is 5.60 Å². The van der Waals surface area contributed by atoms with E-state index in [1.807, 2.05) is 60.9 Å². The predicted molar refractivity (Wildman–Crippen MR) is 116 cm³/mol. The number of hydrogen-bond acceptors (Lipinski definition) is 6. The molecule has 0 amide bonds. The molecular weight excluding hydrogens is 378 g/mol. The first-order valence-corrected chi connectivity index (χ1v) is 10.2. The number of benzene rings is 1. The molecule has 0 saturated heterocycles. The summed E-state index contributed by atoms with van der Waals surface area (Å²) in [4.78, 5) is 13.1. The fraction of sp³-hybridized carbons (Fsp3) is 0.391. The Morgan fingerprint density at radius 1 is 1.17 bits per heavy atom. The van der Waals surface area contributed by atoms with E-state index in [1.54, 1.807) is 12.4 Å². The van der Waals surface area contributed by atoms with Gasteiger partial charge in [-0.2, -0.15) is 0 Å². The van der Waals surface area contributed by atoms with Gasteiger partial charge in [-0.15, -0.1) is 0 Å². The van der Waals surface area contributed by atoms with E-state index in [1.165, 1.54) is 0 Å². The van der Waals surface area contributed by atoms with Gasteiger partial charge in [-0.1, -0.05) is 6.07 Å². The van der Waals surface area contributed by atoms with Gasteiger partial charge in [0.1, 0.15) is 12.4 Å². The number of aliphatic hydroxyl groups is 1. The number of nitrogens with zero attached hydrogens (tertiary/aromatic N) is 5. The standard InChI is InChI=1S/C23H29N5O2/c1-23(29,17-26(2)3)19-7-8-21-18(14-19)15-27(12-13-30-21)16-20-6-4-11-28(20)22-24-9-5-10-25-22/h4-11,14,29H,12-13,15-17H2,1-3H3. The van der Waals surface area contributed by atoms with Crippen molar-refractivity contribution >= 4 is 0 Å². The smallest absolute Gasteiger partial charge is 0.233 e. The van der Waals surface area contributed by atoms with E-state index in [9.17, 15) is 5.11 Å². The molecule has 3 aromatic rings. The largest absolute Gasteiger partial charge is 0.492 e. The zero-order valence-corrected chi connectivity index (χ0v) is 17.8. The molecule has 1 aromatic carbocycles. The summed E-state index contributed by atoms with van der Waals surface area (Å²) in [5.74, 6) is 1.56. The first-order chi connectivity index (χ1) is 14.4. The van der Waals surface area contributed by atoms with Crippen LogP contribution in [0, 0.1) is 0 Å². The van der Waals surface area contributed by atoms with Crippen LogP contribution < -0.4 is 4.74 Å². The van der Waals surface area contributed by atoms with Crippen LogP contribution in [0.25, 0.3) is 5.95 Å². The van der Waals surface area contributed by atoms with E-state index in [2.05, 4.69) is 27.0 Å². The van der Waals surface area contributed by atoms with E-state index >= 15 is 0 Å². The molecule has 1 atom stereocenters. The van der Waals surface area contributed by atoms with Crippen LogP contribution in [0.3, 0.4) is 0 Å². The first-order valence-electron chi connectivity index (χ1n) is 10.2. The van der Waals surface area contributed by atoms with Crippen molar-refractivity contribution in [2.75, 3.05) is 33.8 Å². The van der Waals surface area contributed by atoms with Crippen molar-refractivity contribution in [1.82, 2.24) is 24.3 Å². The van der Waals surface area contributed by atoms with Crippen LogP contribution in [-0.4, -0.2) is 63.2 Å². The minimum absolute atomic E-state index is 0.556. The van der Waals surface area contributed by atoms with Crippen molar-refractivity contribution in [3.05, 3.63) is 71.8 Å². The van der Waals surface area contributed by atoms with Crippen molar-refractivity contribution in [2.24, 2.45) is 0 Å². The van der Waals surface area contributed by atoms with Crippen LogP contribution in [0.5, 0.6) is 5.75 Å². The molecule has 1 aliphatic rings. The third-order valence-corrected chi connectivity index (χ3v) is 5.35. The molecule has 158 valence electrons. The summed E-state index contributed by atoms with van der Waals surface area (Å²) in [6.45, 7) is 5.37. The number of ether oxygens (including phenoxy) is 1. The second kappa shape index (κ2) is 8.55. The summed E-state index contributed by atoms with van der Waals surface area (Å²) < 4.78 is 8.02. The summed E-state index contributed by atoms with van der Waals surface area (Å²) in [5, 5.41) is 11.0. The molecule has 0 aliphatic carbocycles.